The zero-order chi connectivity index (χ0) is 13.0. The van der Waals surface area contributed by atoms with E-state index in [1.165, 1.54) is 12.3 Å². The van der Waals surface area contributed by atoms with Crippen LogP contribution in [0.1, 0.15) is 5.56 Å². The highest BCUT2D eigenvalue weighted by atomic mass is 16.6. The Balaban J connectivity index is 2.31. The van der Waals surface area contributed by atoms with Gasteiger partial charge in [0, 0.05) is 18.8 Å². The third-order valence-corrected chi connectivity index (χ3v) is 2.32. The highest BCUT2D eigenvalue weighted by Crippen LogP contribution is 2.30. The molecule has 0 aliphatic rings. The summed E-state index contributed by atoms with van der Waals surface area (Å²) in [5.41, 5.74) is 6.24. The van der Waals surface area contributed by atoms with E-state index < -0.39 is 4.92 Å². The lowest BCUT2D eigenvalue weighted by Gasteiger charge is -2.06. The van der Waals surface area contributed by atoms with Crippen LogP contribution < -0.4 is 10.5 Å². The molecule has 1 aromatic heterocycles. The fourth-order valence-electron chi connectivity index (χ4n) is 1.46. The van der Waals surface area contributed by atoms with Gasteiger partial charge in [0.1, 0.15) is 11.9 Å². The van der Waals surface area contributed by atoms with Gasteiger partial charge in [-0.05, 0) is 17.7 Å². The van der Waals surface area contributed by atoms with Gasteiger partial charge in [-0.1, -0.05) is 12.1 Å². The third-order valence-electron chi connectivity index (χ3n) is 2.32. The Bertz CT molecular complexity index is 572. The number of ether oxygens (including phenoxy) is 1. The lowest BCUT2D eigenvalue weighted by molar-refractivity contribution is -0.386. The first-order valence-corrected chi connectivity index (χ1v) is 5.26. The average Bonchev–Trinajstić information content (AvgIpc) is 2.39. The summed E-state index contributed by atoms with van der Waals surface area (Å²) in [6, 6.07) is 8.54. The van der Waals surface area contributed by atoms with Crippen LogP contribution in [0.3, 0.4) is 0 Å². The molecular weight excluding hydrogens is 234 g/mol. The Hall–Kier alpha value is -2.47. The number of nitro groups is 1. The van der Waals surface area contributed by atoms with Gasteiger partial charge in [0.2, 0.25) is 5.75 Å². The minimum Gasteiger partial charge on any atom is -0.450 e. The van der Waals surface area contributed by atoms with E-state index in [1.807, 2.05) is 6.07 Å². The molecule has 2 aromatic rings. The Kier molecular flexibility index (Phi) is 3.49. The lowest BCUT2D eigenvalue weighted by atomic mass is 10.2. The summed E-state index contributed by atoms with van der Waals surface area (Å²) in [6.45, 7) is 0.385. The Labute approximate surface area is 103 Å². The van der Waals surface area contributed by atoms with Crippen LogP contribution in [0.5, 0.6) is 11.5 Å². The molecule has 2 N–H and O–H groups in total. The molecule has 6 heteroatoms. The maximum Gasteiger partial charge on any atom is 0.329 e. The molecule has 0 amide bonds. The maximum absolute atomic E-state index is 10.8. The number of nitrogens with two attached hydrogens (primary N) is 1. The van der Waals surface area contributed by atoms with Crippen LogP contribution in [0.15, 0.2) is 42.7 Å². The van der Waals surface area contributed by atoms with Crippen molar-refractivity contribution in [3.05, 3.63) is 58.4 Å². The van der Waals surface area contributed by atoms with Crippen LogP contribution in [0.4, 0.5) is 5.69 Å². The molecule has 0 saturated carbocycles. The van der Waals surface area contributed by atoms with Crippen molar-refractivity contribution in [3.63, 3.8) is 0 Å². The van der Waals surface area contributed by atoms with Crippen molar-refractivity contribution in [2.24, 2.45) is 5.73 Å². The summed E-state index contributed by atoms with van der Waals surface area (Å²) in [7, 11) is 0. The van der Waals surface area contributed by atoms with E-state index in [1.54, 1.807) is 18.2 Å². The number of pyridine rings is 1. The van der Waals surface area contributed by atoms with Crippen molar-refractivity contribution in [1.29, 1.82) is 0 Å². The number of benzene rings is 1. The van der Waals surface area contributed by atoms with E-state index >= 15 is 0 Å². The number of aromatic nitrogens is 1. The molecule has 1 heterocycles. The second-order valence-electron chi connectivity index (χ2n) is 3.55. The Morgan fingerprint density at radius 2 is 2.22 bits per heavy atom. The first-order chi connectivity index (χ1) is 8.70. The van der Waals surface area contributed by atoms with E-state index in [2.05, 4.69) is 4.98 Å². The minimum atomic E-state index is -0.533. The molecule has 0 fully saturated rings. The molecule has 0 aliphatic heterocycles. The van der Waals surface area contributed by atoms with Crippen LogP contribution in [0, 0.1) is 10.1 Å². The zero-order valence-electron chi connectivity index (χ0n) is 9.45. The zero-order valence-corrected chi connectivity index (χ0v) is 9.45. The molecule has 2 rings (SSSR count). The van der Waals surface area contributed by atoms with E-state index in [0.29, 0.717) is 12.3 Å². The summed E-state index contributed by atoms with van der Waals surface area (Å²) < 4.78 is 5.48. The van der Waals surface area contributed by atoms with Gasteiger partial charge in [-0.3, -0.25) is 15.1 Å². The van der Waals surface area contributed by atoms with Crippen molar-refractivity contribution in [3.8, 4) is 11.5 Å². The minimum absolute atomic E-state index is 0.157. The third kappa shape index (κ3) is 2.61. The maximum atomic E-state index is 10.8. The Morgan fingerprint density at radius 3 is 2.94 bits per heavy atom. The Morgan fingerprint density at radius 1 is 1.39 bits per heavy atom. The van der Waals surface area contributed by atoms with Crippen molar-refractivity contribution in [2.75, 3.05) is 0 Å². The molecule has 0 saturated heterocycles. The van der Waals surface area contributed by atoms with Crippen LogP contribution in [0.2, 0.25) is 0 Å². The molecule has 92 valence electrons. The summed E-state index contributed by atoms with van der Waals surface area (Å²) in [5, 5.41) is 10.8. The second kappa shape index (κ2) is 5.24. The molecule has 0 bridgehead atoms. The number of hydrogen-bond donors (Lipinski definition) is 1. The normalized spacial score (nSPS) is 10.1. The molecule has 6 nitrogen and oxygen atoms in total. The summed E-state index contributed by atoms with van der Waals surface area (Å²) >= 11 is 0. The molecule has 0 unspecified atom stereocenters. The molecule has 0 radical (unpaired) electrons. The van der Waals surface area contributed by atoms with Crippen LogP contribution in [-0.4, -0.2) is 9.91 Å². The summed E-state index contributed by atoms with van der Waals surface area (Å²) in [4.78, 5) is 14.0. The smallest absolute Gasteiger partial charge is 0.329 e. The predicted octanol–water partition coefficient (Wildman–Crippen LogP) is 2.24. The van der Waals surface area contributed by atoms with E-state index in [-0.39, 0.29) is 11.4 Å². The van der Waals surface area contributed by atoms with Crippen molar-refractivity contribution in [2.45, 2.75) is 6.54 Å². The van der Waals surface area contributed by atoms with Gasteiger partial charge in [0.15, 0.2) is 0 Å². The van der Waals surface area contributed by atoms with Gasteiger partial charge in [-0.25, -0.2) is 0 Å². The SMILES string of the molecule is NCc1cccc(Oc2ccncc2[N+](=O)[O-])c1. The molecule has 0 spiro atoms. The van der Waals surface area contributed by atoms with Crippen LogP contribution in [0.25, 0.3) is 0 Å². The molecule has 18 heavy (non-hydrogen) atoms. The molecule has 0 atom stereocenters. The van der Waals surface area contributed by atoms with Crippen LogP contribution in [-0.2, 0) is 6.54 Å². The fourth-order valence-corrected chi connectivity index (χ4v) is 1.46. The second-order valence-corrected chi connectivity index (χ2v) is 3.55. The molecular formula is C12H11N3O3. The standard InChI is InChI=1S/C12H11N3O3/c13-7-9-2-1-3-10(6-9)18-12-4-5-14-8-11(12)15(16)17/h1-6,8H,7,13H2. The monoisotopic (exact) mass is 245 g/mol. The van der Waals surface area contributed by atoms with Gasteiger partial charge < -0.3 is 10.5 Å². The lowest BCUT2D eigenvalue weighted by Crippen LogP contribution is -1.97. The van der Waals surface area contributed by atoms with Crippen LogP contribution >= 0.6 is 0 Å². The van der Waals surface area contributed by atoms with E-state index in [0.717, 1.165) is 11.8 Å². The van der Waals surface area contributed by atoms with Crippen molar-refractivity contribution >= 4 is 5.69 Å². The summed E-state index contributed by atoms with van der Waals surface area (Å²) in [5.74, 6) is 0.663. The number of nitrogens with zero attached hydrogens (tertiary/aromatic N) is 2. The largest absolute Gasteiger partial charge is 0.450 e. The summed E-state index contributed by atoms with van der Waals surface area (Å²) in [6.07, 6.45) is 2.59. The highest BCUT2D eigenvalue weighted by molar-refractivity contribution is 5.46. The topological polar surface area (TPSA) is 91.3 Å². The highest BCUT2D eigenvalue weighted by Gasteiger charge is 2.15. The molecule has 0 aliphatic carbocycles. The van der Waals surface area contributed by atoms with Gasteiger partial charge in [-0.15, -0.1) is 0 Å². The number of hydrogen-bond acceptors (Lipinski definition) is 5. The van der Waals surface area contributed by atoms with E-state index in [9.17, 15) is 10.1 Å². The number of rotatable bonds is 4. The first-order valence-electron chi connectivity index (χ1n) is 5.26. The quantitative estimate of drug-likeness (QED) is 0.658. The average molecular weight is 245 g/mol. The van der Waals surface area contributed by atoms with Crippen molar-refractivity contribution in [1.82, 2.24) is 4.98 Å². The van der Waals surface area contributed by atoms with Gasteiger partial charge in [0.25, 0.3) is 0 Å². The first kappa shape index (κ1) is 12.0. The fraction of sp³-hybridized carbons (Fsp3) is 0.0833. The van der Waals surface area contributed by atoms with Crippen molar-refractivity contribution < 1.29 is 9.66 Å². The van der Waals surface area contributed by atoms with Gasteiger partial charge >= 0.3 is 5.69 Å². The molecule has 1 aromatic carbocycles. The van der Waals surface area contributed by atoms with Gasteiger partial charge in [-0.2, -0.15) is 0 Å². The van der Waals surface area contributed by atoms with Gasteiger partial charge in [0.05, 0.1) is 4.92 Å². The predicted molar refractivity (Wildman–Crippen MR) is 65.3 cm³/mol. The van der Waals surface area contributed by atoms with E-state index in [4.69, 9.17) is 10.5 Å².